The van der Waals surface area contributed by atoms with Crippen LogP contribution in [0, 0.1) is 0 Å². The number of hydrogen-bond donors (Lipinski definition) is 2. The van der Waals surface area contributed by atoms with E-state index in [2.05, 4.69) is 30.3 Å². The van der Waals surface area contributed by atoms with Crippen LogP contribution in [0.1, 0.15) is 12.5 Å². The molecule has 108 valence electrons. The lowest BCUT2D eigenvalue weighted by Gasteiger charge is -2.21. The lowest BCUT2D eigenvalue weighted by atomic mass is 9.87. The van der Waals surface area contributed by atoms with Crippen LogP contribution >= 0.6 is 0 Å². The van der Waals surface area contributed by atoms with E-state index < -0.39 is 11.5 Å². The topological polar surface area (TPSA) is 63.3 Å². The van der Waals surface area contributed by atoms with Gasteiger partial charge in [0.05, 0.1) is 0 Å². The third kappa shape index (κ3) is 1.63. The van der Waals surface area contributed by atoms with Crippen LogP contribution in [0.3, 0.4) is 0 Å². The Morgan fingerprint density at radius 1 is 0.909 bits per heavy atom. The Hall–Kier alpha value is -2.65. The van der Waals surface area contributed by atoms with E-state index in [4.69, 9.17) is 5.73 Å². The van der Waals surface area contributed by atoms with Crippen LogP contribution in [-0.2, 0) is 10.3 Å². The molecule has 0 aliphatic heterocycles. The lowest BCUT2D eigenvalue weighted by Crippen LogP contribution is -2.41. The predicted molar refractivity (Wildman–Crippen MR) is 89.3 cm³/mol. The molecule has 3 nitrogen and oxygen atoms in total. The van der Waals surface area contributed by atoms with E-state index in [9.17, 15) is 9.90 Å². The Morgan fingerprint density at radius 2 is 1.36 bits per heavy atom. The van der Waals surface area contributed by atoms with Crippen molar-refractivity contribution >= 4 is 38.3 Å². The standard InChI is InChI=1S/C19H15NO2/c1-19(20,18(21)22)15-9-13-7-5-11-3-2-4-12-6-8-14(10-15)17(13)16(11)12/h2-10H,20H2,1H3,(H,21,22)/t19-/m1/s1. The van der Waals surface area contributed by atoms with Gasteiger partial charge in [0.25, 0.3) is 0 Å². The number of carbonyl (C=O) groups is 1. The van der Waals surface area contributed by atoms with E-state index in [0.717, 1.165) is 10.8 Å². The van der Waals surface area contributed by atoms with Crippen molar-refractivity contribution in [2.45, 2.75) is 12.5 Å². The maximum absolute atomic E-state index is 11.4. The number of carboxylic acids is 1. The molecule has 4 aromatic rings. The van der Waals surface area contributed by atoms with E-state index in [-0.39, 0.29) is 0 Å². The van der Waals surface area contributed by atoms with Gasteiger partial charge < -0.3 is 10.8 Å². The summed E-state index contributed by atoms with van der Waals surface area (Å²) in [7, 11) is 0. The van der Waals surface area contributed by atoms with Crippen molar-refractivity contribution < 1.29 is 9.90 Å². The first-order valence-electron chi connectivity index (χ1n) is 7.19. The van der Waals surface area contributed by atoms with Crippen molar-refractivity contribution in [1.29, 1.82) is 0 Å². The molecule has 1 atom stereocenters. The highest BCUT2D eigenvalue weighted by Gasteiger charge is 2.30. The van der Waals surface area contributed by atoms with Crippen LogP contribution in [0.5, 0.6) is 0 Å². The van der Waals surface area contributed by atoms with Gasteiger partial charge in [-0.2, -0.15) is 0 Å². The Kier molecular flexibility index (Phi) is 2.48. The van der Waals surface area contributed by atoms with Gasteiger partial charge in [-0.3, -0.25) is 0 Å². The molecular weight excluding hydrogens is 274 g/mol. The summed E-state index contributed by atoms with van der Waals surface area (Å²) in [6, 6.07) is 18.2. The van der Waals surface area contributed by atoms with Crippen LogP contribution in [-0.4, -0.2) is 11.1 Å². The summed E-state index contributed by atoms with van der Waals surface area (Å²) in [5.41, 5.74) is 5.22. The minimum Gasteiger partial charge on any atom is -0.480 e. The molecule has 4 aromatic carbocycles. The molecule has 0 saturated carbocycles. The highest BCUT2D eigenvalue weighted by Crippen LogP contribution is 2.36. The average Bonchev–Trinajstić information content (AvgIpc) is 2.52. The van der Waals surface area contributed by atoms with Crippen LogP contribution < -0.4 is 5.73 Å². The summed E-state index contributed by atoms with van der Waals surface area (Å²) in [6.45, 7) is 1.53. The normalized spacial score (nSPS) is 14.6. The fourth-order valence-electron chi connectivity index (χ4n) is 3.18. The van der Waals surface area contributed by atoms with Crippen LogP contribution in [0.4, 0.5) is 0 Å². The van der Waals surface area contributed by atoms with E-state index in [1.165, 1.54) is 28.5 Å². The minimum atomic E-state index is -1.40. The molecule has 0 radical (unpaired) electrons. The monoisotopic (exact) mass is 289 g/mol. The smallest absolute Gasteiger partial charge is 0.328 e. The van der Waals surface area contributed by atoms with Crippen molar-refractivity contribution in [2.24, 2.45) is 5.73 Å². The Balaban J connectivity index is 2.16. The van der Waals surface area contributed by atoms with Gasteiger partial charge in [0.2, 0.25) is 0 Å². The Morgan fingerprint density at radius 3 is 1.86 bits per heavy atom. The van der Waals surface area contributed by atoms with Gasteiger partial charge in [0.1, 0.15) is 5.54 Å². The third-order valence-electron chi connectivity index (χ3n) is 4.51. The summed E-state index contributed by atoms with van der Waals surface area (Å²) < 4.78 is 0. The zero-order valence-corrected chi connectivity index (χ0v) is 12.1. The Bertz CT molecular complexity index is 970. The molecule has 0 unspecified atom stereocenters. The molecule has 3 N–H and O–H groups in total. The molecule has 3 heteroatoms. The van der Waals surface area contributed by atoms with Gasteiger partial charge in [-0.25, -0.2) is 4.79 Å². The van der Waals surface area contributed by atoms with Gasteiger partial charge >= 0.3 is 5.97 Å². The zero-order chi connectivity index (χ0) is 15.5. The lowest BCUT2D eigenvalue weighted by molar-refractivity contribution is -0.143. The molecule has 0 saturated heterocycles. The third-order valence-corrected chi connectivity index (χ3v) is 4.51. The summed E-state index contributed by atoms with van der Waals surface area (Å²) in [5.74, 6) is -1.03. The number of nitrogens with two attached hydrogens (primary N) is 1. The van der Waals surface area contributed by atoms with Gasteiger partial charge in [-0.1, -0.05) is 42.5 Å². The number of carboxylic acid groups (broad SMARTS) is 1. The van der Waals surface area contributed by atoms with Crippen LogP contribution in [0.25, 0.3) is 32.3 Å². The fourth-order valence-corrected chi connectivity index (χ4v) is 3.18. The Labute approximate surface area is 127 Å². The second-order valence-electron chi connectivity index (χ2n) is 6.02. The van der Waals surface area contributed by atoms with Gasteiger partial charge in [0, 0.05) is 0 Å². The molecule has 0 aromatic heterocycles. The molecule has 22 heavy (non-hydrogen) atoms. The number of hydrogen-bond acceptors (Lipinski definition) is 2. The largest absolute Gasteiger partial charge is 0.480 e. The highest BCUT2D eigenvalue weighted by atomic mass is 16.4. The first-order chi connectivity index (χ1) is 10.5. The van der Waals surface area contributed by atoms with E-state index in [1.54, 1.807) is 0 Å². The van der Waals surface area contributed by atoms with Crippen molar-refractivity contribution in [3.63, 3.8) is 0 Å². The molecule has 4 rings (SSSR count). The van der Waals surface area contributed by atoms with Crippen molar-refractivity contribution in [3.8, 4) is 0 Å². The molecule has 0 spiro atoms. The predicted octanol–water partition coefficient (Wildman–Crippen LogP) is 3.84. The van der Waals surface area contributed by atoms with Crippen molar-refractivity contribution in [3.05, 3.63) is 60.2 Å². The summed E-state index contributed by atoms with van der Waals surface area (Å²) in [5, 5.41) is 16.2. The number of benzene rings is 4. The molecule has 0 aliphatic carbocycles. The van der Waals surface area contributed by atoms with Gasteiger partial charge in [0.15, 0.2) is 0 Å². The first kappa shape index (κ1) is 13.0. The van der Waals surface area contributed by atoms with E-state index in [0.29, 0.717) is 5.56 Å². The van der Waals surface area contributed by atoms with E-state index >= 15 is 0 Å². The second-order valence-corrected chi connectivity index (χ2v) is 6.02. The molecule has 0 heterocycles. The van der Waals surface area contributed by atoms with Crippen LogP contribution in [0.15, 0.2) is 54.6 Å². The van der Waals surface area contributed by atoms with Crippen LogP contribution in [0.2, 0.25) is 0 Å². The van der Waals surface area contributed by atoms with E-state index in [1.807, 2.05) is 24.3 Å². The van der Waals surface area contributed by atoms with Gasteiger partial charge in [-0.15, -0.1) is 0 Å². The summed E-state index contributed by atoms with van der Waals surface area (Å²) in [6.07, 6.45) is 0. The molecule has 0 bridgehead atoms. The number of rotatable bonds is 2. The highest BCUT2D eigenvalue weighted by molar-refractivity contribution is 6.23. The summed E-state index contributed by atoms with van der Waals surface area (Å²) in [4.78, 5) is 11.4. The van der Waals surface area contributed by atoms with Gasteiger partial charge in [-0.05, 0) is 56.9 Å². The summed E-state index contributed by atoms with van der Waals surface area (Å²) >= 11 is 0. The maximum atomic E-state index is 11.4. The number of aliphatic carboxylic acids is 1. The zero-order valence-electron chi connectivity index (χ0n) is 12.1. The maximum Gasteiger partial charge on any atom is 0.328 e. The quantitative estimate of drug-likeness (QED) is 0.551. The fraction of sp³-hybridized carbons (Fsp3) is 0.105. The molecule has 0 amide bonds. The first-order valence-corrected chi connectivity index (χ1v) is 7.19. The molecular formula is C19H15NO2. The second kappa shape index (κ2) is 4.18. The molecule has 0 aliphatic rings. The molecule has 0 fully saturated rings. The minimum absolute atomic E-state index is 0.617. The van der Waals surface area contributed by atoms with Crippen molar-refractivity contribution in [2.75, 3.05) is 0 Å². The SMILES string of the molecule is C[C@](N)(C(=O)O)c1cc2ccc3cccc4ccc(c1)c2c34. The average molecular weight is 289 g/mol. The van der Waals surface area contributed by atoms with Crippen molar-refractivity contribution in [1.82, 2.24) is 0 Å².